The highest BCUT2D eigenvalue weighted by Crippen LogP contribution is 2.41. The average Bonchev–Trinajstić information content (AvgIpc) is 3.05. The number of amides is 1. The molecule has 2 saturated heterocycles. The van der Waals surface area contributed by atoms with Crippen LogP contribution in [0.2, 0.25) is 0 Å². The summed E-state index contributed by atoms with van der Waals surface area (Å²) < 4.78 is 11.5. The number of carbonyl (C=O) groups excluding carboxylic acids is 1. The second-order valence-electron chi connectivity index (χ2n) is 6.50. The van der Waals surface area contributed by atoms with Crippen LogP contribution in [0.25, 0.3) is 0 Å². The van der Waals surface area contributed by atoms with Crippen molar-refractivity contribution < 1.29 is 14.3 Å². The van der Waals surface area contributed by atoms with Crippen molar-refractivity contribution in [1.29, 1.82) is 0 Å². The van der Waals surface area contributed by atoms with Gasteiger partial charge in [0.1, 0.15) is 23.8 Å². The van der Waals surface area contributed by atoms with Gasteiger partial charge in [0.2, 0.25) is 5.91 Å². The van der Waals surface area contributed by atoms with Gasteiger partial charge in [-0.25, -0.2) is 0 Å². The summed E-state index contributed by atoms with van der Waals surface area (Å²) in [5.41, 5.74) is 2.20. The molecule has 3 atom stereocenters. The Morgan fingerprint density at radius 3 is 3.05 bits per heavy atom. The van der Waals surface area contributed by atoms with E-state index < -0.39 is 0 Å². The van der Waals surface area contributed by atoms with Crippen LogP contribution in [0.1, 0.15) is 43.5 Å². The molecule has 0 aromatic heterocycles. The van der Waals surface area contributed by atoms with E-state index in [1.165, 1.54) is 5.56 Å². The number of hydrogen-bond acceptors (Lipinski definition) is 4. The first-order chi connectivity index (χ1) is 10.7. The molecule has 1 amide bonds. The van der Waals surface area contributed by atoms with E-state index >= 15 is 0 Å². The number of nitrogens with one attached hydrogen (secondary N) is 1. The Morgan fingerprint density at radius 2 is 2.23 bits per heavy atom. The maximum absolute atomic E-state index is 12.3. The van der Waals surface area contributed by atoms with Gasteiger partial charge in [0.25, 0.3) is 0 Å². The fraction of sp³-hybridized carbons (Fsp3) is 0.588. The topological polar surface area (TPSA) is 50.8 Å². The number of nitrogens with zero attached hydrogens (tertiary/aromatic N) is 1. The van der Waals surface area contributed by atoms with Crippen LogP contribution < -0.4 is 14.8 Å². The Hall–Kier alpha value is -1.75. The zero-order valence-electron chi connectivity index (χ0n) is 13.1. The molecule has 118 valence electrons. The number of hydrogen-bond donors (Lipinski definition) is 1. The second kappa shape index (κ2) is 5.16. The third kappa shape index (κ3) is 2.07. The van der Waals surface area contributed by atoms with Gasteiger partial charge in [0, 0.05) is 24.1 Å². The average molecular weight is 302 g/mol. The van der Waals surface area contributed by atoms with Crippen LogP contribution in [-0.4, -0.2) is 36.6 Å². The number of methoxy groups -OCH3 is 1. The normalized spacial score (nSPS) is 30.5. The lowest BCUT2D eigenvalue weighted by molar-refractivity contribution is -0.122. The van der Waals surface area contributed by atoms with Gasteiger partial charge in [0.05, 0.1) is 13.2 Å². The molecule has 1 aromatic rings. The van der Waals surface area contributed by atoms with E-state index in [4.69, 9.17) is 9.47 Å². The van der Waals surface area contributed by atoms with Crippen molar-refractivity contribution in [2.75, 3.05) is 13.7 Å². The van der Waals surface area contributed by atoms with Crippen molar-refractivity contribution in [2.45, 2.75) is 50.9 Å². The van der Waals surface area contributed by atoms with Crippen molar-refractivity contribution in [3.8, 4) is 11.5 Å². The molecule has 0 saturated carbocycles. The molecule has 3 aliphatic rings. The van der Waals surface area contributed by atoms with Crippen molar-refractivity contribution in [3.63, 3.8) is 0 Å². The molecule has 22 heavy (non-hydrogen) atoms. The highest BCUT2D eigenvalue weighted by molar-refractivity contribution is 5.84. The summed E-state index contributed by atoms with van der Waals surface area (Å²) in [7, 11) is 1.69. The van der Waals surface area contributed by atoms with E-state index in [1.807, 2.05) is 0 Å². The van der Waals surface area contributed by atoms with E-state index in [0.717, 1.165) is 49.3 Å². The lowest BCUT2D eigenvalue weighted by Gasteiger charge is -2.32. The van der Waals surface area contributed by atoms with E-state index in [-0.39, 0.29) is 24.2 Å². The van der Waals surface area contributed by atoms with Gasteiger partial charge in [-0.05, 0) is 31.9 Å². The van der Waals surface area contributed by atoms with Crippen LogP contribution in [0.5, 0.6) is 11.5 Å². The lowest BCUT2D eigenvalue weighted by atomic mass is 10.0. The summed E-state index contributed by atoms with van der Waals surface area (Å²) in [5, 5.41) is 3.14. The predicted octanol–water partition coefficient (Wildman–Crippen LogP) is 2.00. The lowest BCUT2D eigenvalue weighted by Crippen LogP contribution is -2.38. The van der Waals surface area contributed by atoms with E-state index in [1.54, 1.807) is 7.11 Å². The summed E-state index contributed by atoms with van der Waals surface area (Å²) >= 11 is 0. The summed E-state index contributed by atoms with van der Waals surface area (Å²) in [6.07, 6.45) is 4.23. The van der Waals surface area contributed by atoms with Crippen molar-refractivity contribution in [2.24, 2.45) is 0 Å². The molecule has 5 nitrogen and oxygen atoms in total. The van der Waals surface area contributed by atoms with Crippen molar-refractivity contribution >= 4 is 5.91 Å². The van der Waals surface area contributed by atoms with Gasteiger partial charge in [0.15, 0.2) is 0 Å². The molecule has 0 spiro atoms. The molecular weight excluding hydrogens is 280 g/mol. The third-order valence-corrected chi connectivity index (χ3v) is 5.00. The standard InChI is InChI=1S/C17H22N2O3/c1-10-7-11-8-15(21-2)12(9-14(11)22-10)16-18-17(20)13-5-3-4-6-19(13)16/h8-10,13,16H,3-7H2,1-2H3,(H,18,20). The predicted molar refractivity (Wildman–Crippen MR) is 82.0 cm³/mol. The number of benzene rings is 1. The summed E-state index contributed by atoms with van der Waals surface area (Å²) in [5.74, 6) is 1.91. The molecule has 1 aromatic carbocycles. The summed E-state index contributed by atoms with van der Waals surface area (Å²) in [4.78, 5) is 14.5. The van der Waals surface area contributed by atoms with Gasteiger partial charge in [-0.2, -0.15) is 0 Å². The first kappa shape index (κ1) is 13.9. The van der Waals surface area contributed by atoms with E-state index in [0.29, 0.717) is 0 Å². The Balaban J connectivity index is 1.73. The Labute approximate surface area is 130 Å². The van der Waals surface area contributed by atoms with Crippen LogP contribution >= 0.6 is 0 Å². The van der Waals surface area contributed by atoms with Crippen LogP contribution in [0.3, 0.4) is 0 Å². The number of ether oxygens (including phenoxy) is 2. The number of fused-ring (bicyclic) bond motifs is 2. The molecule has 2 fully saturated rings. The fourth-order valence-electron chi connectivity index (χ4n) is 3.96. The molecule has 0 bridgehead atoms. The zero-order chi connectivity index (χ0) is 15.3. The van der Waals surface area contributed by atoms with Crippen LogP contribution in [0.4, 0.5) is 0 Å². The molecule has 5 heteroatoms. The first-order valence-corrected chi connectivity index (χ1v) is 8.11. The largest absolute Gasteiger partial charge is 0.496 e. The molecule has 4 rings (SSSR count). The molecule has 0 aliphatic carbocycles. The Morgan fingerprint density at radius 1 is 1.36 bits per heavy atom. The number of rotatable bonds is 2. The van der Waals surface area contributed by atoms with Gasteiger partial charge in [-0.15, -0.1) is 0 Å². The molecule has 3 aliphatic heterocycles. The van der Waals surface area contributed by atoms with Crippen LogP contribution in [-0.2, 0) is 11.2 Å². The number of carbonyl (C=O) groups is 1. The minimum atomic E-state index is -0.0995. The first-order valence-electron chi connectivity index (χ1n) is 8.11. The van der Waals surface area contributed by atoms with Crippen molar-refractivity contribution in [1.82, 2.24) is 10.2 Å². The smallest absolute Gasteiger partial charge is 0.238 e. The van der Waals surface area contributed by atoms with Crippen LogP contribution in [0, 0.1) is 0 Å². The Kier molecular flexibility index (Phi) is 3.26. The summed E-state index contributed by atoms with van der Waals surface area (Å²) in [6, 6.07) is 4.13. The molecular formula is C17H22N2O3. The van der Waals surface area contributed by atoms with E-state index in [9.17, 15) is 4.79 Å². The van der Waals surface area contributed by atoms with Gasteiger partial charge >= 0.3 is 0 Å². The molecule has 0 radical (unpaired) electrons. The van der Waals surface area contributed by atoms with Crippen LogP contribution in [0.15, 0.2) is 12.1 Å². The van der Waals surface area contributed by atoms with Gasteiger partial charge in [-0.3, -0.25) is 9.69 Å². The monoisotopic (exact) mass is 302 g/mol. The fourth-order valence-corrected chi connectivity index (χ4v) is 3.96. The minimum absolute atomic E-state index is 0.0107. The van der Waals surface area contributed by atoms with Crippen molar-refractivity contribution in [3.05, 3.63) is 23.3 Å². The maximum atomic E-state index is 12.3. The number of piperidine rings is 1. The minimum Gasteiger partial charge on any atom is -0.496 e. The van der Waals surface area contributed by atoms with Gasteiger partial charge < -0.3 is 14.8 Å². The quantitative estimate of drug-likeness (QED) is 0.908. The molecule has 3 unspecified atom stereocenters. The summed E-state index contributed by atoms with van der Waals surface area (Å²) in [6.45, 7) is 3.02. The third-order valence-electron chi connectivity index (χ3n) is 5.00. The highest BCUT2D eigenvalue weighted by atomic mass is 16.5. The molecule has 3 heterocycles. The SMILES string of the molecule is COc1cc2c(cc1C1NC(=O)C3CCCCN31)OC(C)C2. The van der Waals surface area contributed by atoms with E-state index in [2.05, 4.69) is 29.3 Å². The maximum Gasteiger partial charge on any atom is 0.238 e. The highest BCUT2D eigenvalue weighted by Gasteiger charge is 2.43. The van der Waals surface area contributed by atoms with Gasteiger partial charge in [-0.1, -0.05) is 6.42 Å². The second-order valence-corrected chi connectivity index (χ2v) is 6.50. The Bertz CT molecular complexity index is 616. The molecule has 1 N–H and O–H groups in total. The zero-order valence-corrected chi connectivity index (χ0v) is 13.1.